The fraction of sp³-hybridized carbons (Fsp3) is 0.833. The molecule has 3 saturated heterocycles. The number of imide groups is 1. The van der Waals surface area contributed by atoms with E-state index in [1.807, 2.05) is 0 Å². The second-order valence-corrected chi connectivity index (χ2v) is 5.25. The van der Waals surface area contributed by atoms with Crippen molar-refractivity contribution in [2.45, 2.75) is 31.7 Å². The molecule has 3 aliphatic heterocycles. The highest BCUT2D eigenvalue weighted by Crippen LogP contribution is 2.30. The molecule has 0 saturated carbocycles. The molecule has 0 bridgehead atoms. The van der Waals surface area contributed by atoms with Crippen LogP contribution in [-0.2, 0) is 4.79 Å². The van der Waals surface area contributed by atoms with Crippen LogP contribution in [0.3, 0.4) is 0 Å². The van der Waals surface area contributed by atoms with Gasteiger partial charge in [0, 0.05) is 26.1 Å². The van der Waals surface area contributed by atoms with Gasteiger partial charge >= 0.3 is 6.03 Å². The molecule has 2 unspecified atom stereocenters. The second-order valence-electron chi connectivity index (χ2n) is 5.25. The Morgan fingerprint density at radius 2 is 2.12 bits per heavy atom. The summed E-state index contributed by atoms with van der Waals surface area (Å²) in [5, 5.41) is 3.30. The molecular formula is C12H19N3O2. The normalized spacial score (nSPS) is 33.1. The number of fused-ring (bicyclic) bond motifs is 1. The highest BCUT2D eigenvalue weighted by Gasteiger charge is 2.42. The van der Waals surface area contributed by atoms with Crippen molar-refractivity contribution >= 4 is 11.9 Å². The zero-order chi connectivity index (χ0) is 11.8. The van der Waals surface area contributed by atoms with E-state index in [9.17, 15) is 9.59 Å². The van der Waals surface area contributed by atoms with Gasteiger partial charge in [0.05, 0.1) is 6.04 Å². The molecule has 94 valence electrons. The SMILES string of the molecule is O=C1CCC2CCNCC2N1C(=O)N1CCC1. The zero-order valence-corrected chi connectivity index (χ0v) is 10.0. The van der Waals surface area contributed by atoms with Gasteiger partial charge in [0.15, 0.2) is 0 Å². The summed E-state index contributed by atoms with van der Waals surface area (Å²) >= 11 is 0. The van der Waals surface area contributed by atoms with Gasteiger partial charge in [0.2, 0.25) is 5.91 Å². The van der Waals surface area contributed by atoms with Crippen molar-refractivity contribution in [3.05, 3.63) is 0 Å². The van der Waals surface area contributed by atoms with Gasteiger partial charge in [-0.15, -0.1) is 0 Å². The number of hydrogen-bond acceptors (Lipinski definition) is 3. The number of urea groups is 1. The first kappa shape index (κ1) is 11.0. The summed E-state index contributed by atoms with van der Waals surface area (Å²) < 4.78 is 0. The first-order valence-corrected chi connectivity index (χ1v) is 6.59. The van der Waals surface area contributed by atoms with Gasteiger partial charge < -0.3 is 10.2 Å². The maximum Gasteiger partial charge on any atom is 0.327 e. The average Bonchev–Trinajstić information content (AvgIpc) is 2.26. The van der Waals surface area contributed by atoms with Crippen LogP contribution in [0.15, 0.2) is 0 Å². The smallest absolute Gasteiger partial charge is 0.324 e. The Morgan fingerprint density at radius 1 is 1.29 bits per heavy atom. The number of hydrogen-bond donors (Lipinski definition) is 1. The van der Waals surface area contributed by atoms with Crippen molar-refractivity contribution in [1.29, 1.82) is 0 Å². The number of rotatable bonds is 0. The Hall–Kier alpha value is -1.10. The maximum absolute atomic E-state index is 12.2. The van der Waals surface area contributed by atoms with E-state index in [4.69, 9.17) is 0 Å². The largest absolute Gasteiger partial charge is 0.327 e. The van der Waals surface area contributed by atoms with E-state index < -0.39 is 0 Å². The molecule has 3 rings (SSSR count). The molecule has 0 aliphatic carbocycles. The van der Waals surface area contributed by atoms with E-state index in [1.165, 1.54) is 0 Å². The molecule has 2 atom stereocenters. The maximum atomic E-state index is 12.2. The second kappa shape index (κ2) is 4.29. The summed E-state index contributed by atoms with van der Waals surface area (Å²) in [5.41, 5.74) is 0. The van der Waals surface area contributed by atoms with Gasteiger partial charge in [-0.2, -0.15) is 0 Å². The number of piperidine rings is 2. The van der Waals surface area contributed by atoms with Crippen molar-refractivity contribution in [1.82, 2.24) is 15.1 Å². The van der Waals surface area contributed by atoms with Gasteiger partial charge in [0.25, 0.3) is 0 Å². The van der Waals surface area contributed by atoms with Crippen LogP contribution in [0, 0.1) is 5.92 Å². The van der Waals surface area contributed by atoms with Gasteiger partial charge in [-0.3, -0.25) is 9.69 Å². The molecule has 3 heterocycles. The van der Waals surface area contributed by atoms with Crippen molar-refractivity contribution in [3.63, 3.8) is 0 Å². The third-order valence-electron chi connectivity index (χ3n) is 4.25. The molecule has 1 N–H and O–H groups in total. The molecular weight excluding hydrogens is 218 g/mol. The predicted octanol–water partition coefficient (Wildman–Crippen LogP) is 0.413. The Morgan fingerprint density at radius 3 is 2.82 bits per heavy atom. The lowest BCUT2D eigenvalue weighted by Crippen LogP contribution is -2.62. The van der Waals surface area contributed by atoms with Crippen LogP contribution >= 0.6 is 0 Å². The monoisotopic (exact) mass is 237 g/mol. The van der Waals surface area contributed by atoms with Crippen LogP contribution < -0.4 is 5.32 Å². The molecule has 0 radical (unpaired) electrons. The number of nitrogens with zero attached hydrogens (tertiary/aromatic N) is 2. The summed E-state index contributed by atoms with van der Waals surface area (Å²) in [4.78, 5) is 27.6. The first-order valence-electron chi connectivity index (χ1n) is 6.59. The van der Waals surface area contributed by atoms with E-state index in [1.54, 1.807) is 9.80 Å². The van der Waals surface area contributed by atoms with Crippen LogP contribution in [-0.4, -0.2) is 54.0 Å². The Balaban J connectivity index is 1.78. The minimum absolute atomic E-state index is 0.0202. The summed E-state index contributed by atoms with van der Waals surface area (Å²) in [5.74, 6) is 0.533. The van der Waals surface area contributed by atoms with E-state index in [0.29, 0.717) is 12.3 Å². The summed E-state index contributed by atoms with van der Waals surface area (Å²) in [6.45, 7) is 3.41. The number of carbonyl (C=O) groups is 2. The lowest BCUT2D eigenvalue weighted by molar-refractivity contribution is -0.136. The van der Waals surface area contributed by atoms with Crippen molar-refractivity contribution < 1.29 is 9.59 Å². The van der Waals surface area contributed by atoms with Crippen LogP contribution in [0.5, 0.6) is 0 Å². The minimum atomic E-state index is -0.0559. The molecule has 0 spiro atoms. The van der Waals surface area contributed by atoms with Crippen molar-refractivity contribution in [3.8, 4) is 0 Å². The van der Waals surface area contributed by atoms with E-state index >= 15 is 0 Å². The zero-order valence-electron chi connectivity index (χ0n) is 10.0. The number of amides is 3. The topological polar surface area (TPSA) is 52.7 Å². The molecule has 3 amide bonds. The lowest BCUT2D eigenvalue weighted by Gasteiger charge is -2.45. The van der Waals surface area contributed by atoms with E-state index in [2.05, 4.69) is 5.32 Å². The summed E-state index contributed by atoms with van der Waals surface area (Å²) in [6.07, 6.45) is 3.65. The van der Waals surface area contributed by atoms with Gasteiger partial charge in [-0.05, 0) is 31.7 Å². The van der Waals surface area contributed by atoms with Crippen LogP contribution in [0.2, 0.25) is 0 Å². The molecule has 0 aromatic carbocycles. The highest BCUT2D eigenvalue weighted by atomic mass is 16.2. The summed E-state index contributed by atoms with van der Waals surface area (Å²) in [7, 11) is 0. The Bertz CT molecular complexity index is 341. The molecule has 3 fully saturated rings. The third-order valence-corrected chi connectivity index (χ3v) is 4.25. The first-order chi connectivity index (χ1) is 8.27. The molecule has 5 heteroatoms. The van der Waals surface area contributed by atoms with Crippen LogP contribution in [0.25, 0.3) is 0 Å². The number of nitrogens with one attached hydrogen (secondary N) is 1. The number of likely N-dealkylation sites (tertiary alicyclic amines) is 2. The fourth-order valence-electron chi connectivity index (χ4n) is 3.06. The molecule has 0 aromatic heterocycles. The standard InChI is InChI=1S/C12H19N3O2/c16-11-3-2-9-4-5-13-8-10(9)15(11)12(17)14-6-1-7-14/h9-10,13H,1-8H2. The molecule has 5 nitrogen and oxygen atoms in total. The minimum Gasteiger partial charge on any atom is -0.324 e. The third kappa shape index (κ3) is 1.82. The Labute approximate surface area is 101 Å². The van der Waals surface area contributed by atoms with Gasteiger partial charge in [-0.1, -0.05) is 0 Å². The van der Waals surface area contributed by atoms with E-state index in [-0.39, 0.29) is 18.0 Å². The average molecular weight is 237 g/mol. The quantitative estimate of drug-likeness (QED) is 0.664. The van der Waals surface area contributed by atoms with Gasteiger partial charge in [-0.25, -0.2) is 4.79 Å². The lowest BCUT2D eigenvalue weighted by atomic mass is 9.84. The predicted molar refractivity (Wildman–Crippen MR) is 62.4 cm³/mol. The highest BCUT2D eigenvalue weighted by molar-refractivity contribution is 5.95. The van der Waals surface area contributed by atoms with Gasteiger partial charge in [0.1, 0.15) is 0 Å². The fourth-order valence-corrected chi connectivity index (χ4v) is 3.06. The molecule has 0 aromatic rings. The molecule has 3 aliphatic rings. The molecule has 17 heavy (non-hydrogen) atoms. The number of carbonyl (C=O) groups excluding carboxylic acids is 2. The Kier molecular flexibility index (Phi) is 2.78. The van der Waals surface area contributed by atoms with Crippen LogP contribution in [0.4, 0.5) is 4.79 Å². The van der Waals surface area contributed by atoms with E-state index in [0.717, 1.165) is 45.4 Å². The van der Waals surface area contributed by atoms with Crippen LogP contribution in [0.1, 0.15) is 25.7 Å². The van der Waals surface area contributed by atoms with Crippen molar-refractivity contribution in [2.75, 3.05) is 26.2 Å². The summed E-state index contributed by atoms with van der Waals surface area (Å²) in [6, 6.07) is 0.0396. The van der Waals surface area contributed by atoms with Crippen molar-refractivity contribution in [2.24, 2.45) is 5.92 Å².